The van der Waals surface area contributed by atoms with Crippen LogP contribution >= 0.6 is 35.0 Å². The van der Waals surface area contributed by atoms with Gasteiger partial charge in [0.25, 0.3) is 0 Å². The van der Waals surface area contributed by atoms with E-state index in [0.717, 1.165) is 33.2 Å². The fraction of sp³-hybridized carbons (Fsp3) is 0.0714. The lowest BCUT2D eigenvalue weighted by Gasteiger charge is -2.02. The molecule has 0 fully saturated rings. The van der Waals surface area contributed by atoms with Crippen molar-refractivity contribution in [3.05, 3.63) is 52.0 Å². The molecular formula is C14H11Cl2N3S. The number of rotatable bonds is 3. The van der Waals surface area contributed by atoms with Crippen LogP contribution in [-0.4, -0.2) is 9.97 Å². The summed E-state index contributed by atoms with van der Waals surface area (Å²) in [5.74, 6) is 0.727. The molecule has 0 unspecified atom stereocenters. The number of anilines is 1. The summed E-state index contributed by atoms with van der Waals surface area (Å²) >= 11 is 13.6. The lowest BCUT2D eigenvalue weighted by Crippen LogP contribution is -1.83. The van der Waals surface area contributed by atoms with Crippen LogP contribution in [0.1, 0.15) is 5.56 Å². The Morgan fingerprint density at radius 3 is 2.80 bits per heavy atom. The van der Waals surface area contributed by atoms with E-state index in [1.165, 1.54) is 0 Å². The number of benzene rings is 2. The van der Waals surface area contributed by atoms with Gasteiger partial charge in [0.15, 0.2) is 5.16 Å². The molecule has 1 heterocycles. The summed E-state index contributed by atoms with van der Waals surface area (Å²) in [5.41, 5.74) is 9.34. The van der Waals surface area contributed by atoms with Crippen molar-refractivity contribution < 1.29 is 0 Å². The maximum Gasteiger partial charge on any atom is 0.166 e. The van der Waals surface area contributed by atoms with Crippen molar-refractivity contribution in [1.82, 2.24) is 9.97 Å². The van der Waals surface area contributed by atoms with E-state index in [2.05, 4.69) is 9.97 Å². The minimum Gasteiger partial charge on any atom is -0.399 e. The van der Waals surface area contributed by atoms with Crippen molar-refractivity contribution in [2.45, 2.75) is 10.9 Å². The van der Waals surface area contributed by atoms with E-state index in [9.17, 15) is 0 Å². The molecule has 0 aliphatic heterocycles. The molecule has 3 nitrogen and oxygen atoms in total. The molecule has 1 aromatic heterocycles. The Morgan fingerprint density at radius 2 is 2.00 bits per heavy atom. The third kappa shape index (κ3) is 2.87. The molecule has 0 bridgehead atoms. The maximum atomic E-state index is 6.15. The third-order valence-electron chi connectivity index (χ3n) is 2.86. The minimum absolute atomic E-state index is 0.642. The van der Waals surface area contributed by atoms with Gasteiger partial charge in [-0.15, -0.1) is 0 Å². The highest BCUT2D eigenvalue weighted by molar-refractivity contribution is 7.98. The van der Waals surface area contributed by atoms with E-state index in [1.807, 2.05) is 30.3 Å². The second kappa shape index (κ2) is 5.56. The summed E-state index contributed by atoms with van der Waals surface area (Å²) in [5, 5.41) is 2.16. The largest absolute Gasteiger partial charge is 0.399 e. The number of nitrogen functional groups attached to an aromatic ring is 1. The molecule has 0 saturated heterocycles. The molecule has 20 heavy (non-hydrogen) atoms. The zero-order chi connectivity index (χ0) is 14.1. The second-order valence-corrected chi connectivity index (χ2v) is 6.15. The number of hydrogen-bond acceptors (Lipinski definition) is 3. The van der Waals surface area contributed by atoms with Gasteiger partial charge in [0.05, 0.1) is 11.0 Å². The van der Waals surface area contributed by atoms with Gasteiger partial charge >= 0.3 is 0 Å². The molecule has 0 amide bonds. The van der Waals surface area contributed by atoms with Gasteiger partial charge in [0.2, 0.25) is 0 Å². The number of aromatic amines is 1. The zero-order valence-electron chi connectivity index (χ0n) is 10.4. The molecule has 0 radical (unpaired) electrons. The average molecular weight is 324 g/mol. The van der Waals surface area contributed by atoms with Gasteiger partial charge in [-0.3, -0.25) is 0 Å². The molecule has 3 rings (SSSR count). The number of aromatic nitrogens is 2. The van der Waals surface area contributed by atoms with Gasteiger partial charge in [0.1, 0.15) is 0 Å². The highest BCUT2D eigenvalue weighted by Gasteiger charge is 2.06. The molecule has 102 valence electrons. The molecule has 3 aromatic rings. The Morgan fingerprint density at radius 1 is 1.15 bits per heavy atom. The van der Waals surface area contributed by atoms with Gasteiger partial charge in [-0.2, -0.15) is 0 Å². The molecule has 0 atom stereocenters. The molecule has 0 aliphatic carbocycles. The van der Waals surface area contributed by atoms with Crippen LogP contribution in [0.3, 0.4) is 0 Å². The first-order valence-electron chi connectivity index (χ1n) is 5.94. The number of thioether (sulfide) groups is 1. The smallest absolute Gasteiger partial charge is 0.166 e. The summed E-state index contributed by atoms with van der Waals surface area (Å²) < 4.78 is 0. The second-order valence-electron chi connectivity index (χ2n) is 4.34. The molecular weight excluding hydrogens is 313 g/mol. The van der Waals surface area contributed by atoms with E-state index in [-0.39, 0.29) is 0 Å². The van der Waals surface area contributed by atoms with Crippen LogP contribution in [0.15, 0.2) is 41.6 Å². The average Bonchev–Trinajstić information content (AvgIpc) is 2.79. The van der Waals surface area contributed by atoms with E-state index >= 15 is 0 Å². The zero-order valence-corrected chi connectivity index (χ0v) is 12.7. The number of fused-ring (bicyclic) bond motifs is 1. The molecule has 3 N–H and O–H groups in total. The number of halogens is 2. The number of nitrogens with zero attached hydrogens (tertiary/aromatic N) is 1. The normalized spacial score (nSPS) is 11.1. The minimum atomic E-state index is 0.642. The summed E-state index contributed by atoms with van der Waals surface area (Å²) in [6.45, 7) is 0. The van der Waals surface area contributed by atoms with Crippen LogP contribution in [0.2, 0.25) is 10.0 Å². The SMILES string of the molecule is Nc1ccc2nc(SCc3ccc(Cl)cc3Cl)[nH]c2c1. The molecule has 2 aromatic carbocycles. The number of hydrogen-bond donors (Lipinski definition) is 2. The van der Waals surface area contributed by atoms with Crippen LogP contribution in [0, 0.1) is 0 Å². The number of nitrogens with two attached hydrogens (primary N) is 1. The molecule has 0 saturated carbocycles. The van der Waals surface area contributed by atoms with Crippen LogP contribution in [0.4, 0.5) is 5.69 Å². The quantitative estimate of drug-likeness (QED) is 0.540. The van der Waals surface area contributed by atoms with E-state index < -0.39 is 0 Å². The van der Waals surface area contributed by atoms with E-state index in [0.29, 0.717) is 10.0 Å². The predicted octanol–water partition coefficient (Wildman–Crippen LogP) is 4.74. The Labute approximate surface area is 130 Å². The topological polar surface area (TPSA) is 54.7 Å². The van der Waals surface area contributed by atoms with Gasteiger partial charge in [0, 0.05) is 21.5 Å². The Bertz CT molecular complexity index is 770. The van der Waals surface area contributed by atoms with Crippen molar-refractivity contribution in [3.8, 4) is 0 Å². The maximum absolute atomic E-state index is 6.15. The third-order valence-corrected chi connectivity index (χ3v) is 4.37. The van der Waals surface area contributed by atoms with Crippen molar-refractivity contribution in [2.24, 2.45) is 0 Å². The van der Waals surface area contributed by atoms with Gasteiger partial charge < -0.3 is 10.7 Å². The summed E-state index contributed by atoms with van der Waals surface area (Å²) in [7, 11) is 0. The standard InChI is InChI=1S/C14H11Cl2N3S/c15-9-2-1-8(11(16)5-9)7-20-14-18-12-4-3-10(17)6-13(12)19-14/h1-6H,7,17H2,(H,18,19). The number of nitrogens with one attached hydrogen (secondary N) is 1. The first kappa shape index (κ1) is 13.6. The molecule has 6 heteroatoms. The Balaban J connectivity index is 1.79. The van der Waals surface area contributed by atoms with Crippen LogP contribution in [0.25, 0.3) is 11.0 Å². The summed E-state index contributed by atoms with van der Waals surface area (Å²) in [6, 6.07) is 11.1. The van der Waals surface area contributed by atoms with Gasteiger partial charge in [-0.1, -0.05) is 41.0 Å². The van der Waals surface area contributed by atoms with Crippen LogP contribution in [-0.2, 0) is 5.75 Å². The summed E-state index contributed by atoms with van der Waals surface area (Å²) in [4.78, 5) is 7.74. The van der Waals surface area contributed by atoms with E-state index in [4.69, 9.17) is 28.9 Å². The lowest BCUT2D eigenvalue weighted by atomic mass is 10.2. The number of imidazole rings is 1. The van der Waals surface area contributed by atoms with Crippen molar-refractivity contribution in [2.75, 3.05) is 5.73 Å². The van der Waals surface area contributed by atoms with Gasteiger partial charge in [-0.25, -0.2) is 4.98 Å². The lowest BCUT2D eigenvalue weighted by molar-refractivity contribution is 1.08. The first-order valence-corrected chi connectivity index (χ1v) is 7.68. The van der Waals surface area contributed by atoms with Crippen molar-refractivity contribution in [1.29, 1.82) is 0 Å². The predicted molar refractivity (Wildman–Crippen MR) is 86.5 cm³/mol. The fourth-order valence-electron chi connectivity index (χ4n) is 1.86. The fourth-order valence-corrected chi connectivity index (χ4v) is 3.30. The first-order chi connectivity index (χ1) is 9.61. The monoisotopic (exact) mass is 323 g/mol. The Kier molecular flexibility index (Phi) is 3.78. The summed E-state index contributed by atoms with van der Waals surface area (Å²) in [6.07, 6.45) is 0. The molecule has 0 aliphatic rings. The molecule has 0 spiro atoms. The van der Waals surface area contributed by atoms with Crippen molar-refractivity contribution >= 4 is 51.7 Å². The van der Waals surface area contributed by atoms with Crippen molar-refractivity contribution in [3.63, 3.8) is 0 Å². The van der Waals surface area contributed by atoms with Crippen LogP contribution < -0.4 is 5.73 Å². The van der Waals surface area contributed by atoms with Crippen LogP contribution in [0.5, 0.6) is 0 Å². The highest BCUT2D eigenvalue weighted by Crippen LogP contribution is 2.28. The number of H-pyrrole nitrogens is 1. The van der Waals surface area contributed by atoms with E-state index in [1.54, 1.807) is 17.8 Å². The Hall–Kier alpha value is -1.36. The van der Waals surface area contributed by atoms with Gasteiger partial charge in [-0.05, 0) is 35.9 Å². The highest BCUT2D eigenvalue weighted by atomic mass is 35.5.